The van der Waals surface area contributed by atoms with Crippen molar-refractivity contribution in [3.05, 3.63) is 0 Å². The number of carbonyl (C=O) groups excluding carboxylic acids is 2. The van der Waals surface area contributed by atoms with Crippen LogP contribution in [0.25, 0.3) is 0 Å². The van der Waals surface area contributed by atoms with Crippen molar-refractivity contribution in [1.82, 2.24) is 5.32 Å². The van der Waals surface area contributed by atoms with Gasteiger partial charge in [-0.2, -0.15) is 0 Å². The van der Waals surface area contributed by atoms with Crippen molar-refractivity contribution in [2.24, 2.45) is 0 Å². The smallest absolute Gasteiger partial charge is 0.408 e. The zero-order valence-electron chi connectivity index (χ0n) is 8.89. The summed E-state index contributed by atoms with van der Waals surface area (Å²) in [6.45, 7) is 6.78. The number of carbonyl (C=O) groups is 2. The fourth-order valence-corrected chi connectivity index (χ4v) is 1.54. The summed E-state index contributed by atoms with van der Waals surface area (Å²) >= 11 is 2.04. The molecular weight excluding hydrogens is 297 g/mol. The molecule has 0 aliphatic rings. The Morgan fingerprint density at radius 2 is 1.93 bits per heavy atom. The van der Waals surface area contributed by atoms with Gasteiger partial charge in [-0.25, -0.2) is 4.79 Å². The molecule has 82 valence electrons. The first-order valence-electron chi connectivity index (χ1n) is 4.32. The lowest BCUT2D eigenvalue weighted by Gasteiger charge is -2.21. The van der Waals surface area contributed by atoms with Gasteiger partial charge in [0, 0.05) is 4.43 Å². The predicted molar refractivity (Wildman–Crippen MR) is 62.7 cm³/mol. The van der Waals surface area contributed by atoms with E-state index in [4.69, 9.17) is 4.74 Å². The summed E-state index contributed by atoms with van der Waals surface area (Å²) in [7, 11) is 0. The summed E-state index contributed by atoms with van der Waals surface area (Å²) in [6.07, 6.45) is -0.547. The van der Waals surface area contributed by atoms with Crippen molar-refractivity contribution in [3.8, 4) is 0 Å². The third-order valence-corrected chi connectivity index (χ3v) is 2.22. The van der Waals surface area contributed by atoms with Crippen LogP contribution < -0.4 is 5.32 Å². The first kappa shape index (κ1) is 13.7. The minimum Gasteiger partial charge on any atom is -0.444 e. The lowest BCUT2D eigenvalue weighted by atomic mass is 10.2. The highest BCUT2D eigenvalue weighted by molar-refractivity contribution is 14.1. The summed E-state index contributed by atoms with van der Waals surface area (Å²) in [4.78, 5) is 22.2. The minimum atomic E-state index is -0.547. The lowest BCUT2D eigenvalue weighted by Crippen LogP contribution is -2.43. The topological polar surface area (TPSA) is 55.4 Å². The van der Waals surface area contributed by atoms with Crippen molar-refractivity contribution < 1.29 is 14.3 Å². The molecule has 0 unspecified atom stereocenters. The molecule has 0 spiro atoms. The fourth-order valence-electron chi connectivity index (χ4n) is 0.699. The van der Waals surface area contributed by atoms with E-state index in [1.54, 1.807) is 20.8 Å². The molecule has 0 aliphatic carbocycles. The van der Waals surface area contributed by atoms with Crippen LogP contribution in [0.1, 0.15) is 27.7 Å². The average molecular weight is 313 g/mol. The van der Waals surface area contributed by atoms with E-state index in [1.165, 1.54) is 6.92 Å². The van der Waals surface area contributed by atoms with Crippen LogP contribution in [0.3, 0.4) is 0 Å². The van der Waals surface area contributed by atoms with Gasteiger partial charge in [0.05, 0.1) is 6.04 Å². The van der Waals surface area contributed by atoms with E-state index in [-0.39, 0.29) is 5.78 Å². The van der Waals surface area contributed by atoms with Crippen LogP contribution >= 0.6 is 22.6 Å². The highest BCUT2D eigenvalue weighted by Crippen LogP contribution is 2.07. The number of ketones is 1. The monoisotopic (exact) mass is 313 g/mol. The molecule has 0 fully saturated rings. The molecule has 0 aromatic carbocycles. The van der Waals surface area contributed by atoms with E-state index < -0.39 is 17.7 Å². The normalized spacial score (nSPS) is 13.2. The standard InChI is InChI=1S/C9H16INO3/c1-6(12)7(5-10)11-8(13)14-9(2,3)4/h7H,5H2,1-4H3,(H,11,13)/t7-/m0/s1. The summed E-state index contributed by atoms with van der Waals surface area (Å²) < 4.78 is 5.56. The summed E-state index contributed by atoms with van der Waals surface area (Å²) in [5.41, 5.74) is -0.531. The van der Waals surface area contributed by atoms with Gasteiger partial charge in [0.25, 0.3) is 0 Å². The van der Waals surface area contributed by atoms with E-state index in [2.05, 4.69) is 5.32 Å². The predicted octanol–water partition coefficient (Wildman–Crippen LogP) is 1.90. The average Bonchev–Trinajstić information content (AvgIpc) is 1.96. The third-order valence-electron chi connectivity index (χ3n) is 1.34. The Balaban J connectivity index is 4.11. The molecule has 1 amide bonds. The van der Waals surface area contributed by atoms with Crippen LogP contribution in [0, 0.1) is 0 Å². The highest BCUT2D eigenvalue weighted by atomic mass is 127. The van der Waals surface area contributed by atoms with Crippen LogP contribution in [-0.4, -0.2) is 27.9 Å². The van der Waals surface area contributed by atoms with Gasteiger partial charge in [0.1, 0.15) is 5.60 Å². The molecule has 0 bridgehead atoms. The number of alkyl halides is 1. The van der Waals surface area contributed by atoms with Crippen molar-refractivity contribution >= 4 is 34.5 Å². The summed E-state index contributed by atoms with van der Waals surface area (Å²) in [6, 6.07) is -0.453. The second kappa shape index (κ2) is 5.53. The summed E-state index contributed by atoms with van der Waals surface area (Å²) in [5, 5.41) is 2.50. The molecule has 1 N–H and O–H groups in total. The van der Waals surface area contributed by atoms with Gasteiger partial charge in [-0.15, -0.1) is 0 Å². The molecule has 0 heterocycles. The highest BCUT2D eigenvalue weighted by Gasteiger charge is 2.20. The van der Waals surface area contributed by atoms with Crippen molar-refractivity contribution in [1.29, 1.82) is 0 Å². The summed E-state index contributed by atoms with van der Waals surface area (Å²) in [5.74, 6) is -0.0646. The Hall–Kier alpha value is -0.330. The van der Waals surface area contributed by atoms with Crippen molar-refractivity contribution in [3.63, 3.8) is 0 Å². The molecule has 0 radical (unpaired) electrons. The molecule has 0 saturated heterocycles. The molecule has 0 aromatic heterocycles. The van der Waals surface area contributed by atoms with Crippen LogP contribution in [0.15, 0.2) is 0 Å². The second-order valence-corrected chi connectivity index (χ2v) is 4.84. The minimum absolute atomic E-state index is 0.0646. The number of amides is 1. The molecule has 1 atom stereocenters. The molecule has 14 heavy (non-hydrogen) atoms. The number of nitrogens with one attached hydrogen (secondary N) is 1. The van der Waals surface area contributed by atoms with Gasteiger partial charge < -0.3 is 10.1 Å². The van der Waals surface area contributed by atoms with Crippen LogP contribution in [0.5, 0.6) is 0 Å². The quantitative estimate of drug-likeness (QED) is 0.639. The maximum atomic E-state index is 11.2. The second-order valence-electron chi connectivity index (χ2n) is 3.96. The Morgan fingerprint density at radius 3 is 2.21 bits per heavy atom. The van der Waals surface area contributed by atoms with Crippen LogP contribution in [-0.2, 0) is 9.53 Å². The number of hydrogen-bond acceptors (Lipinski definition) is 3. The lowest BCUT2D eigenvalue weighted by molar-refractivity contribution is -0.118. The molecule has 0 rings (SSSR count). The molecular formula is C9H16INO3. The largest absolute Gasteiger partial charge is 0.444 e. The Bertz CT molecular complexity index is 223. The van der Waals surface area contributed by atoms with Crippen molar-refractivity contribution in [2.75, 3.05) is 4.43 Å². The Labute approximate surface area is 97.9 Å². The maximum Gasteiger partial charge on any atom is 0.408 e. The Morgan fingerprint density at radius 1 is 1.43 bits per heavy atom. The van der Waals surface area contributed by atoms with E-state index in [0.717, 1.165) is 0 Å². The number of hydrogen-bond donors (Lipinski definition) is 1. The molecule has 0 saturated carbocycles. The van der Waals surface area contributed by atoms with Gasteiger partial charge in [-0.1, -0.05) is 22.6 Å². The van der Waals surface area contributed by atoms with E-state index in [0.29, 0.717) is 4.43 Å². The van der Waals surface area contributed by atoms with E-state index in [1.807, 2.05) is 22.6 Å². The zero-order chi connectivity index (χ0) is 11.4. The molecule has 5 heteroatoms. The Kier molecular flexibility index (Phi) is 5.40. The van der Waals surface area contributed by atoms with Crippen LogP contribution in [0.4, 0.5) is 4.79 Å². The van der Waals surface area contributed by atoms with Gasteiger partial charge in [0.15, 0.2) is 5.78 Å². The zero-order valence-corrected chi connectivity index (χ0v) is 11.0. The van der Waals surface area contributed by atoms with E-state index in [9.17, 15) is 9.59 Å². The molecule has 0 aliphatic heterocycles. The number of alkyl carbamates (subject to hydrolysis) is 1. The van der Waals surface area contributed by atoms with Crippen LogP contribution in [0.2, 0.25) is 0 Å². The van der Waals surface area contributed by atoms with Crippen molar-refractivity contribution in [2.45, 2.75) is 39.3 Å². The fraction of sp³-hybridized carbons (Fsp3) is 0.778. The maximum absolute atomic E-state index is 11.2. The van der Waals surface area contributed by atoms with E-state index >= 15 is 0 Å². The number of rotatable bonds is 3. The SMILES string of the molecule is CC(=O)[C@H](CI)NC(=O)OC(C)(C)C. The first-order chi connectivity index (χ1) is 6.26. The number of Topliss-reactive ketones (excluding diaryl/α,β-unsaturated/α-hetero) is 1. The van der Waals surface area contributed by atoms with Gasteiger partial charge >= 0.3 is 6.09 Å². The third kappa shape index (κ3) is 6.17. The number of halogens is 1. The molecule has 4 nitrogen and oxygen atoms in total. The number of ether oxygens (including phenoxy) is 1. The van der Waals surface area contributed by atoms with Gasteiger partial charge in [0.2, 0.25) is 0 Å². The van der Waals surface area contributed by atoms with Gasteiger partial charge in [-0.05, 0) is 27.7 Å². The van der Waals surface area contributed by atoms with Gasteiger partial charge in [-0.3, -0.25) is 4.79 Å². The first-order valence-corrected chi connectivity index (χ1v) is 5.84. The molecule has 0 aromatic rings.